The second-order valence-corrected chi connectivity index (χ2v) is 7.57. The molecule has 1 aromatic heterocycles. The van der Waals surface area contributed by atoms with E-state index in [4.69, 9.17) is 5.73 Å². The SMILES string of the molecule is CC1=C(C(=O)NCC(N)c2ccc(C(=O)Nc3ccncc3)cc2)Cc2ccccc21. The average molecular weight is 412 g/mol. The maximum Gasteiger partial charge on any atom is 0.255 e. The number of carbonyl (C=O) groups is 2. The highest BCUT2D eigenvalue weighted by atomic mass is 16.2. The zero-order valence-electron chi connectivity index (χ0n) is 17.3. The first kappa shape index (κ1) is 20.5. The van der Waals surface area contributed by atoms with Crippen molar-refractivity contribution in [2.45, 2.75) is 19.4 Å². The Balaban J connectivity index is 1.34. The van der Waals surface area contributed by atoms with Gasteiger partial charge < -0.3 is 16.4 Å². The molecule has 0 saturated heterocycles. The maximum absolute atomic E-state index is 12.7. The quantitative estimate of drug-likeness (QED) is 0.577. The number of anilines is 1. The molecule has 4 rings (SSSR count). The Kier molecular flexibility index (Phi) is 5.91. The number of benzene rings is 2. The monoisotopic (exact) mass is 412 g/mol. The van der Waals surface area contributed by atoms with Gasteiger partial charge in [0.05, 0.1) is 0 Å². The van der Waals surface area contributed by atoms with Gasteiger partial charge in [-0.25, -0.2) is 0 Å². The molecule has 0 aliphatic heterocycles. The lowest BCUT2D eigenvalue weighted by Gasteiger charge is -2.14. The Labute approximate surface area is 181 Å². The molecule has 3 aromatic rings. The molecule has 2 aromatic carbocycles. The Morgan fingerprint density at radius 1 is 1.00 bits per heavy atom. The van der Waals surface area contributed by atoms with Gasteiger partial charge in [-0.05, 0) is 53.5 Å². The molecule has 2 amide bonds. The number of hydrogen-bond donors (Lipinski definition) is 3. The number of amides is 2. The van der Waals surface area contributed by atoms with Gasteiger partial charge in [-0.15, -0.1) is 0 Å². The van der Waals surface area contributed by atoms with Gasteiger partial charge >= 0.3 is 0 Å². The van der Waals surface area contributed by atoms with E-state index in [9.17, 15) is 9.59 Å². The summed E-state index contributed by atoms with van der Waals surface area (Å²) in [4.78, 5) is 29.0. The highest BCUT2D eigenvalue weighted by Crippen LogP contribution is 2.32. The van der Waals surface area contributed by atoms with E-state index in [1.807, 2.05) is 37.3 Å². The minimum atomic E-state index is -0.369. The summed E-state index contributed by atoms with van der Waals surface area (Å²) in [5, 5.41) is 5.77. The van der Waals surface area contributed by atoms with Crippen molar-refractivity contribution in [1.82, 2.24) is 10.3 Å². The van der Waals surface area contributed by atoms with Gasteiger partial charge in [-0.1, -0.05) is 36.4 Å². The molecule has 6 nitrogen and oxygen atoms in total. The number of hydrogen-bond acceptors (Lipinski definition) is 4. The van der Waals surface area contributed by atoms with Crippen LogP contribution in [0.3, 0.4) is 0 Å². The van der Waals surface area contributed by atoms with Crippen LogP contribution in [-0.2, 0) is 11.2 Å². The lowest BCUT2D eigenvalue weighted by molar-refractivity contribution is -0.117. The third-order valence-electron chi connectivity index (χ3n) is 5.54. The normalized spacial score (nSPS) is 13.5. The molecule has 4 N–H and O–H groups in total. The standard InChI is InChI=1S/C25H24N4O2/c1-16-21-5-3-2-4-19(21)14-22(16)25(31)28-15-23(26)17-6-8-18(9-7-17)24(30)29-20-10-12-27-13-11-20/h2-13,23H,14-15,26H2,1H3,(H,28,31)(H,27,29,30). The molecule has 1 heterocycles. The summed E-state index contributed by atoms with van der Waals surface area (Å²) < 4.78 is 0. The summed E-state index contributed by atoms with van der Waals surface area (Å²) in [5.41, 5.74) is 12.5. The van der Waals surface area contributed by atoms with Gasteiger partial charge in [0.25, 0.3) is 5.91 Å². The predicted molar refractivity (Wildman–Crippen MR) is 121 cm³/mol. The predicted octanol–water partition coefficient (Wildman–Crippen LogP) is 3.48. The summed E-state index contributed by atoms with van der Waals surface area (Å²) in [6.07, 6.45) is 3.88. The van der Waals surface area contributed by atoms with Gasteiger partial charge in [0.15, 0.2) is 0 Å². The third kappa shape index (κ3) is 4.54. The van der Waals surface area contributed by atoms with E-state index in [0.29, 0.717) is 24.2 Å². The van der Waals surface area contributed by atoms with Gasteiger partial charge in [0.2, 0.25) is 5.91 Å². The average Bonchev–Trinajstić information content (AvgIpc) is 3.15. The lowest BCUT2D eigenvalue weighted by Crippen LogP contribution is -2.33. The number of fused-ring (bicyclic) bond motifs is 1. The van der Waals surface area contributed by atoms with Crippen molar-refractivity contribution >= 4 is 23.1 Å². The first-order valence-corrected chi connectivity index (χ1v) is 10.2. The molecular formula is C25H24N4O2. The molecule has 156 valence electrons. The molecular weight excluding hydrogens is 388 g/mol. The number of nitrogens with two attached hydrogens (primary N) is 1. The van der Waals surface area contributed by atoms with Crippen LogP contribution in [-0.4, -0.2) is 23.3 Å². The van der Waals surface area contributed by atoms with E-state index < -0.39 is 0 Å². The zero-order chi connectivity index (χ0) is 21.8. The summed E-state index contributed by atoms with van der Waals surface area (Å²) in [6, 6.07) is 18.2. The topological polar surface area (TPSA) is 97.1 Å². The number of nitrogens with zero attached hydrogens (tertiary/aromatic N) is 1. The highest BCUT2D eigenvalue weighted by Gasteiger charge is 2.23. The van der Waals surface area contributed by atoms with E-state index in [2.05, 4.69) is 21.7 Å². The molecule has 1 unspecified atom stereocenters. The van der Waals surface area contributed by atoms with Crippen molar-refractivity contribution in [3.05, 3.63) is 101 Å². The minimum Gasteiger partial charge on any atom is -0.350 e. The number of pyridine rings is 1. The largest absolute Gasteiger partial charge is 0.350 e. The van der Waals surface area contributed by atoms with Crippen LogP contribution in [0.2, 0.25) is 0 Å². The van der Waals surface area contributed by atoms with Crippen molar-refractivity contribution in [3.63, 3.8) is 0 Å². The van der Waals surface area contributed by atoms with Crippen molar-refractivity contribution < 1.29 is 9.59 Å². The zero-order valence-corrected chi connectivity index (χ0v) is 17.3. The second kappa shape index (κ2) is 8.93. The van der Waals surface area contributed by atoms with Gasteiger partial charge in [-0.3, -0.25) is 14.6 Å². The van der Waals surface area contributed by atoms with E-state index in [1.54, 1.807) is 36.7 Å². The molecule has 6 heteroatoms. The molecule has 1 aliphatic rings. The lowest BCUT2D eigenvalue weighted by atomic mass is 10.0. The van der Waals surface area contributed by atoms with Crippen LogP contribution >= 0.6 is 0 Å². The first-order valence-electron chi connectivity index (χ1n) is 10.2. The Hall–Kier alpha value is -3.77. The van der Waals surface area contributed by atoms with E-state index in [1.165, 1.54) is 5.56 Å². The van der Waals surface area contributed by atoms with Crippen LogP contribution in [0.5, 0.6) is 0 Å². The Morgan fingerprint density at radius 3 is 2.42 bits per heavy atom. The van der Waals surface area contributed by atoms with Crippen molar-refractivity contribution in [2.24, 2.45) is 5.73 Å². The van der Waals surface area contributed by atoms with E-state index in [-0.39, 0.29) is 17.9 Å². The Morgan fingerprint density at radius 2 is 1.71 bits per heavy atom. The second-order valence-electron chi connectivity index (χ2n) is 7.57. The van der Waals surface area contributed by atoms with Crippen LogP contribution < -0.4 is 16.4 Å². The van der Waals surface area contributed by atoms with Crippen molar-refractivity contribution in [3.8, 4) is 0 Å². The fourth-order valence-electron chi connectivity index (χ4n) is 3.72. The molecule has 31 heavy (non-hydrogen) atoms. The molecule has 0 spiro atoms. The molecule has 0 bridgehead atoms. The molecule has 0 saturated carbocycles. The summed E-state index contributed by atoms with van der Waals surface area (Å²) in [7, 11) is 0. The van der Waals surface area contributed by atoms with Crippen LogP contribution in [0.4, 0.5) is 5.69 Å². The fourth-order valence-corrected chi connectivity index (χ4v) is 3.72. The van der Waals surface area contributed by atoms with Gasteiger partial charge in [-0.2, -0.15) is 0 Å². The first-order chi connectivity index (χ1) is 15.0. The maximum atomic E-state index is 12.7. The van der Waals surface area contributed by atoms with E-state index in [0.717, 1.165) is 22.3 Å². The smallest absolute Gasteiger partial charge is 0.255 e. The van der Waals surface area contributed by atoms with Crippen LogP contribution in [0, 0.1) is 0 Å². The van der Waals surface area contributed by atoms with E-state index >= 15 is 0 Å². The van der Waals surface area contributed by atoms with Crippen molar-refractivity contribution in [2.75, 3.05) is 11.9 Å². The summed E-state index contributed by atoms with van der Waals surface area (Å²) >= 11 is 0. The Bertz CT molecular complexity index is 1140. The number of nitrogens with one attached hydrogen (secondary N) is 2. The van der Waals surface area contributed by atoms with Crippen LogP contribution in [0.1, 0.15) is 40.0 Å². The molecule has 0 fully saturated rings. The minimum absolute atomic E-state index is 0.0856. The number of allylic oxidation sites excluding steroid dienone is 1. The highest BCUT2D eigenvalue weighted by molar-refractivity contribution is 6.04. The summed E-state index contributed by atoms with van der Waals surface area (Å²) in [6.45, 7) is 2.30. The fraction of sp³-hybridized carbons (Fsp3) is 0.160. The molecule has 1 aliphatic carbocycles. The summed E-state index contributed by atoms with van der Waals surface area (Å²) in [5.74, 6) is -0.291. The number of carbonyl (C=O) groups excluding carboxylic acids is 2. The van der Waals surface area contributed by atoms with Gasteiger partial charge in [0.1, 0.15) is 0 Å². The van der Waals surface area contributed by atoms with Crippen LogP contribution in [0.25, 0.3) is 5.57 Å². The van der Waals surface area contributed by atoms with Crippen molar-refractivity contribution in [1.29, 1.82) is 0 Å². The van der Waals surface area contributed by atoms with Gasteiger partial charge in [0, 0.05) is 48.2 Å². The molecule has 0 radical (unpaired) electrons. The third-order valence-corrected chi connectivity index (χ3v) is 5.54. The number of aromatic nitrogens is 1. The number of rotatable bonds is 6. The van der Waals surface area contributed by atoms with Crippen LogP contribution in [0.15, 0.2) is 78.6 Å². The molecule has 1 atom stereocenters.